The fourth-order valence-electron chi connectivity index (χ4n) is 2.55. The van der Waals surface area contributed by atoms with Crippen molar-refractivity contribution in [2.45, 2.75) is 46.5 Å². The van der Waals surface area contributed by atoms with E-state index < -0.39 is 0 Å². The van der Waals surface area contributed by atoms with Gasteiger partial charge in [0.25, 0.3) is 5.91 Å². The van der Waals surface area contributed by atoms with Crippen molar-refractivity contribution < 1.29 is 14.3 Å². The molecule has 0 atom stereocenters. The number of hydrogen-bond acceptors (Lipinski definition) is 3. The molecule has 0 unspecified atom stereocenters. The van der Waals surface area contributed by atoms with Gasteiger partial charge >= 0.3 is 0 Å². The van der Waals surface area contributed by atoms with Crippen molar-refractivity contribution in [2.75, 3.05) is 18.5 Å². The Hall–Kier alpha value is -2.49. The number of amides is 1. The Morgan fingerprint density at radius 1 is 0.963 bits per heavy atom. The molecule has 2 aromatic rings. The highest BCUT2D eigenvalue weighted by atomic mass is 16.5. The molecular weight excluding hydrogens is 338 g/mol. The SMILES string of the molecule is CCCCCCOc1ccc(C(=O)Nc2cccc(OCC(C)C)c2)cc1. The summed E-state index contributed by atoms with van der Waals surface area (Å²) in [5.74, 6) is 1.86. The van der Waals surface area contributed by atoms with Crippen molar-refractivity contribution in [1.82, 2.24) is 0 Å². The summed E-state index contributed by atoms with van der Waals surface area (Å²) in [5, 5.41) is 2.91. The summed E-state index contributed by atoms with van der Waals surface area (Å²) < 4.78 is 11.4. The first kappa shape index (κ1) is 20.8. The molecule has 0 radical (unpaired) electrons. The number of rotatable bonds is 11. The van der Waals surface area contributed by atoms with Gasteiger partial charge < -0.3 is 14.8 Å². The number of benzene rings is 2. The third-order valence-corrected chi connectivity index (χ3v) is 4.06. The molecule has 0 saturated heterocycles. The van der Waals surface area contributed by atoms with Crippen molar-refractivity contribution in [3.8, 4) is 11.5 Å². The van der Waals surface area contributed by atoms with Crippen LogP contribution in [0.15, 0.2) is 48.5 Å². The van der Waals surface area contributed by atoms with E-state index in [1.54, 1.807) is 12.1 Å². The lowest BCUT2D eigenvalue weighted by atomic mass is 10.2. The summed E-state index contributed by atoms with van der Waals surface area (Å²) in [4.78, 5) is 12.4. The molecule has 0 bridgehead atoms. The van der Waals surface area contributed by atoms with E-state index in [1.807, 2.05) is 36.4 Å². The Bertz CT molecular complexity index is 695. The number of unbranched alkanes of at least 4 members (excludes halogenated alkanes) is 3. The summed E-state index contributed by atoms with van der Waals surface area (Å²) >= 11 is 0. The summed E-state index contributed by atoms with van der Waals surface area (Å²) in [6.45, 7) is 7.76. The highest BCUT2D eigenvalue weighted by Gasteiger charge is 2.07. The van der Waals surface area contributed by atoms with Crippen LogP contribution in [-0.2, 0) is 0 Å². The van der Waals surface area contributed by atoms with E-state index in [1.165, 1.54) is 19.3 Å². The largest absolute Gasteiger partial charge is 0.494 e. The maximum Gasteiger partial charge on any atom is 0.255 e. The van der Waals surface area contributed by atoms with Crippen LogP contribution in [0.4, 0.5) is 5.69 Å². The molecule has 0 aliphatic heterocycles. The van der Waals surface area contributed by atoms with Crippen molar-refractivity contribution in [2.24, 2.45) is 5.92 Å². The van der Waals surface area contributed by atoms with Crippen molar-refractivity contribution in [1.29, 1.82) is 0 Å². The molecule has 4 nitrogen and oxygen atoms in total. The van der Waals surface area contributed by atoms with Gasteiger partial charge in [0.1, 0.15) is 11.5 Å². The van der Waals surface area contributed by atoms with Gasteiger partial charge in [-0.1, -0.05) is 46.1 Å². The van der Waals surface area contributed by atoms with Gasteiger partial charge in [0.05, 0.1) is 13.2 Å². The molecule has 0 spiro atoms. The van der Waals surface area contributed by atoms with Crippen LogP contribution in [0.25, 0.3) is 0 Å². The van der Waals surface area contributed by atoms with Crippen molar-refractivity contribution >= 4 is 11.6 Å². The minimum atomic E-state index is -0.148. The summed E-state index contributed by atoms with van der Waals surface area (Å²) in [6, 6.07) is 14.7. The van der Waals surface area contributed by atoms with Crippen LogP contribution in [0.5, 0.6) is 11.5 Å². The zero-order chi connectivity index (χ0) is 19.5. The molecule has 0 aliphatic rings. The van der Waals surface area contributed by atoms with Gasteiger partial charge in [0.15, 0.2) is 0 Å². The van der Waals surface area contributed by atoms with E-state index in [4.69, 9.17) is 9.47 Å². The standard InChI is InChI=1S/C23H31NO3/c1-4-5-6-7-15-26-21-13-11-19(12-14-21)23(25)24-20-9-8-10-22(16-20)27-17-18(2)3/h8-14,16,18H,4-7,15,17H2,1-3H3,(H,24,25). The molecule has 0 heterocycles. The monoisotopic (exact) mass is 369 g/mol. The molecule has 0 saturated carbocycles. The van der Waals surface area contributed by atoms with Crippen molar-refractivity contribution in [3.05, 3.63) is 54.1 Å². The molecule has 1 amide bonds. The molecule has 0 aromatic heterocycles. The zero-order valence-electron chi connectivity index (χ0n) is 16.7. The molecule has 27 heavy (non-hydrogen) atoms. The highest BCUT2D eigenvalue weighted by Crippen LogP contribution is 2.19. The smallest absolute Gasteiger partial charge is 0.255 e. The van der Waals surface area contributed by atoms with Crippen LogP contribution < -0.4 is 14.8 Å². The van der Waals surface area contributed by atoms with Gasteiger partial charge in [-0.25, -0.2) is 0 Å². The molecule has 2 rings (SSSR count). The predicted molar refractivity (Wildman–Crippen MR) is 111 cm³/mol. The first-order valence-electron chi connectivity index (χ1n) is 9.85. The van der Waals surface area contributed by atoms with Crippen LogP contribution in [0.3, 0.4) is 0 Å². The van der Waals surface area contributed by atoms with Gasteiger partial charge in [0.2, 0.25) is 0 Å². The Kier molecular flexibility index (Phi) is 8.69. The molecule has 1 N–H and O–H groups in total. The van der Waals surface area contributed by atoms with E-state index in [0.717, 1.165) is 23.6 Å². The number of anilines is 1. The van der Waals surface area contributed by atoms with Crippen LogP contribution in [0, 0.1) is 5.92 Å². The van der Waals surface area contributed by atoms with Crippen LogP contribution in [0.2, 0.25) is 0 Å². The second-order valence-electron chi connectivity index (χ2n) is 7.12. The quantitative estimate of drug-likeness (QED) is 0.499. The Morgan fingerprint density at radius 3 is 2.44 bits per heavy atom. The Balaban J connectivity index is 1.86. The Labute approximate surface area is 162 Å². The number of ether oxygens (including phenoxy) is 2. The summed E-state index contributed by atoms with van der Waals surface area (Å²) in [5.41, 5.74) is 1.32. The van der Waals surface area contributed by atoms with E-state index in [0.29, 0.717) is 24.7 Å². The third kappa shape index (κ3) is 7.73. The first-order valence-corrected chi connectivity index (χ1v) is 9.85. The van der Waals surface area contributed by atoms with Gasteiger partial charge in [-0.2, -0.15) is 0 Å². The minimum absolute atomic E-state index is 0.148. The van der Waals surface area contributed by atoms with Crippen molar-refractivity contribution in [3.63, 3.8) is 0 Å². The summed E-state index contributed by atoms with van der Waals surface area (Å²) in [6.07, 6.45) is 4.71. The second-order valence-corrected chi connectivity index (χ2v) is 7.12. The molecule has 0 aliphatic carbocycles. The average Bonchev–Trinajstić information content (AvgIpc) is 2.67. The second kappa shape index (κ2) is 11.3. The van der Waals surface area contributed by atoms with E-state index in [2.05, 4.69) is 26.1 Å². The topological polar surface area (TPSA) is 47.6 Å². The van der Waals surface area contributed by atoms with Crippen LogP contribution >= 0.6 is 0 Å². The molecular formula is C23H31NO3. The van der Waals surface area contributed by atoms with Gasteiger partial charge in [-0.05, 0) is 48.7 Å². The highest BCUT2D eigenvalue weighted by molar-refractivity contribution is 6.04. The molecule has 0 fully saturated rings. The lowest BCUT2D eigenvalue weighted by Crippen LogP contribution is -2.12. The third-order valence-electron chi connectivity index (χ3n) is 4.06. The fourth-order valence-corrected chi connectivity index (χ4v) is 2.55. The number of carbonyl (C=O) groups is 1. The van der Waals surface area contributed by atoms with Gasteiger partial charge in [-0.15, -0.1) is 0 Å². The van der Waals surface area contributed by atoms with E-state index >= 15 is 0 Å². The van der Waals surface area contributed by atoms with Gasteiger partial charge in [-0.3, -0.25) is 4.79 Å². The maximum absolute atomic E-state index is 12.4. The number of carbonyl (C=O) groups excluding carboxylic acids is 1. The lowest BCUT2D eigenvalue weighted by Gasteiger charge is -2.11. The predicted octanol–water partition coefficient (Wildman–Crippen LogP) is 5.93. The van der Waals surface area contributed by atoms with E-state index in [9.17, 15) is 4.79 Å². The number of hydrogen-bond donors (Lipinski definition) is 1. The maximum atomic E-state index is 12.4. The van der Waals surface area contributed by atoms with E-state index in [-0.39, 0.29) is 5.91 Å². The Morgan fingerprint density at radius 2 is 1.74 bits per heavy atom. The molecule has 2 aromatic carbocycles. The normalized spacial score (nSPS) is 10.7. The average molecular weight is 370 g/mol. The van der Waals surface area contributed by atoms with Gasteiger partial charge in [0, 0.05) is 17.3 Å². The molecule has 146 valence electrons. The fraction of sp³-hybridized carbons (Fsp3) is 0.435. The summed E-state index contributed by atoms with van der Waals surface area (Å²) in [7, 11) is 0. The zero-order valence-corrected chi connectivity index (χ0v) is 16.7. The number of nitrogens with one attached hydrogen (secondary N) is 1. The first-order chi connectivity index (χ1) is 13.1. The van der Waals surface area contributed by atoms with Crippen LogP contribution in [-0.4, -0.2) is 19.1 Å². The minimum Gasteiger partial charge on any atom is -0.494 e. The van der Waals surface area contributed by atoms with Crippen LogP contribution in [0.1, 0.15) is 56.8 Å². The lowest BCUT2D eigenvalue weighted by molar-refractivity contribution is 0.102. The molecule has 4 heteroatoms.